The smallest absolute Gasteiger partial charge is 0.249 e. The fraction of sp³-hybridized carbons (Fsp3) is 0.179. The molecule has 4 nitrogen and oxygen atoms in total. The molecule has 0 saturated carbocycles. The average molecular weight is 545 g/mol. The zero-order chi connectivity index (χ0) is 27.0. The Bertz CT molecular complexity index is 1430. The Labute approximate surface area is 223 Å². The van der Waals surface area contributed by atoms with E-state index in [2.05, 4.69) is 10.2 Å². The largest absolute Gasteiger partial charge is 0.416 e. The van der Waals surface area contributed by atoms with E-state index in [0.29, 0.717) is 15.5 Å². The molecule has 192 valence electrons. The van der Waals surface area contributed by atoms with Crippen LogP contribution in [0.1, 0.15) is 24.5 Å². The molecule has 4 aromatic rings. The number of nitrogens with zero attached hydrogens (tertiary/aromatic N) is 4. The molecule has 0 atom stereocenters. The van der Waals surface area contributed by atoms with Crippen LogP contribution in [0.15, 0.2) is 89.1 Å². The highest BCUT2D eigenvalue weighted by Gasteiger charge is 2.29. The second kappa shape index (κ2) is 12.7. The van der Waals surface area contributed by atoms with Gasteiger partial charge in [-0.1, -0.05) is 78.2 Å². The summed E-state index contributed by atoms with van der Waals surface area (Å²) in [7, 11) is 1.84. The standard InChI is InChI=1S/C20H18Cl2N4.C8H7F3/c1-3-12-23-24-19-13-17(14-8-10-15(21)11-9-14)20(25-26(19)2)16-6-4-5-7-18(16)22;1-6-2-4-7(5-3-6)8(9,10)11/h4-13H,3H2,1-2H3;2-5H,1H3/b23-12+,24-19-;. The number of aromatic nitrogens is 2. The Balaban J connectivity index is 0.000000289. The lowest BCUT2D eigenvalue weighted by Crippen LogP contribution is -2.21. The second-order valence-corrected chi connectivity index (χ2v) is 8.89. The van der Waals surface area contributed by atoms with Crippen molar-refractivity contribution in [2.45, 2.75) is 26.4 Å². The molecule has 0 aliphatic rings. The fourth-order valence-corrected chi connectivity index (χ4v) is 3.62. The van der Waals surface area contributed by atoms with Gasteiger partial charge in [-0.15, -0.1) is 5.10 Å². The van der Waals surface area contributed by atoms with E-state index >= 15 is 0 Å². The van der Waals surface area contributed by atoms with E-state index in [-0.39, 0.29) is 0 Å². The molecular formula is C28H25Cl2F3N4. The van der Waals surface area contributed by atoms with E-state index in [4.69, 9.17) is 28.3 Å². The van der Waals surface area contributed by atoms with Crippen LogP contribution in [0, 0.1) is 6.92 Å². The molecule has 0 saturated heterocycles. The molecule has 4 rings (SSSR count). The summed E-state index contributed by atoms with van der Waals surface area (Å²) in [5.41, 5.74) is 4.42. The zero-order valence-corrected chi connectivity index (χ0v) is 22.0. The first-order valence-corrected chi connectivity index (χ1v) is 12.1. The molecule has 0 fully saturated rings. The summed E-state index contributed by atoms with van der Waals surface area (Å²) in [5.74, 6) is 0. The Morgan fingerprint density at radius 2 is 1.57 bits per heavy atom. The van der Waals surface area contributed by atoms with E-state index in [0.717, 1.165) is 46.5 Å². The van der Waals surface area contributed by atoms with E-state index in [1.54, 1.807) is 17.8 Å². The number of hydrogen-bond donors (Lipinski definition) is 0. The Kier molecular flexibility index (Phi) is 9.66. The van der Waals surface area contributed by atoms with Crippen molar-refractivity contribution in [1.29, 1.82) is 0 Å². The van der Waals surface area contributed by atoms with Gasteiger partial charge in [-0.25, -0.2) is 4.68 Å². The predicted molar refractivity (Wildman–Crippen MR) is 145 cm³/mol. The maximum Gasteiger partial charge on any atom is 0.416 e. The quantitative estimate of drug-likeness (QED) is 0.188. The SMILES string of the molecule is CC/C=N/N=c1/cc(-c2ccc(Cl)cc2)c(-c2ccccc2Cl)nn1C.Cc1ccc(C(F)(F)F)cc1. The summed E-state index contributed by atoms with van der Waals surface area (Å²) in [6.07, 6.45) is -1.64. The van der Waals surface area contributed by atoms with Crippen molar-refractivity contribution in [2.24, 2.45) is 17.3 Å². The lowest BCUT2D eigenvalue weighted by molar-refractivity contribution is -0.137. The van der Waals surface area contributed by atoms with Crippen molar-refractivity contribution in [3.8, 4) is 22.4 Å². The summed E-state index contributed by atoms with van der Waals surface area (Å²) in [5, 5.41) is 14.4. The molecule has 37 heavy (non-hydrogen) atoms. The first-order valence-electron chi connectivity index (χ1n) is 11.4. The van der Waals surface area contributed by atoms with E-state index in [1.165, 1.54) is 12.1 Å². The van der Waals surface area contributed by atoms with Crippen LogP contribution in [-0.2, 0) is 13.2 Å². The third-order valence-electron chi connectivity index (χ3n) is 5.20. The minimum atomic E-state index is -4.21. The normalized spacial score (nSPS) is 11.9. The molecule has 0 bridgehead atoms. The molecule has 0 N–H and O–H groups in total. The van der Waals surface area contributed by atoms with Gasteiger partial charge in [0.1, 0.15) is 5.69 Å². The van der Waals surface area contributed by atoms with Gasteiger partial charge in [0.05, 0.1) is 10.6 Å². The molecule has 0 amide bonds. The number of rotatable bonds is 4. The molecular weight excluding hydrogens is 520 g/mol. The zero-order valence-electron chi connectivity index (χ0n) is 20.5. The third-order valence-corrected chi connectivity index (χ3v) is 5.78. The van der Waals surface area contributed by atoms with Crippen LogP contribution < -0.4 is 5.49 Å². The van der Waals surface area contributed by atoms with Gasteiger partial charge in [-0.2, -0.15) is 23.4 Å². The first-order chi connectivity index (χ1) is 17.6. The Morgan fingerprint density at radius 3 is 2.16 bits per heavy atom. The van der Waals surface area contributed by atoms with Crippen molar-refractivity contribution >= 4 is 29.4 Å². The summed E-state index contributed by atoms with van der Waals surface area (Å²) in [6, 6.07) is 22.3. The van der Waals surface area contributed by atoms with Gasteiger partial charge in [-0.3, -0.25) is 0 Å². The fourth-order valence-electron chi connectivity index (χ4n) is 3.27. The minimum absolute atomic E-state index is 0.594. The Morgan fingerprint density at radius 1 is 0.919 bits per heavy atom. The van der Waals surface area contributed by atoms with E-state index in [1.807, 2.05) is 68.6 Å². The van der Waals surface area contributed by atoms with Crippen molar-refractivity contribution < 1.29 is 13.2 Å². The second-order valence-electron chi connectivity index (χ2n) is 8.05. The summed E-state index contributed by atoms with van der Waals surface area (Å²) >= 11 is 12.5. The molecule has 0 spiro atoms. The number of halogens is 5. The van der Waals surface area contributed by atoms with E-state index < -0.39 is 11.7 Å². The molecule has 9 heteroatoms. The van der Waals surface area contributed by atoms with Crippen LogP contribution in [0.25, 0.3) is 22.4 Å². The minimum Gasteiger partial charge on any atom is -0.249 e. The van der Waals surface area contributed by atoms with Gasteiger partial charge >= 0.3 is 6.18 Å². The number of hydrogen-bond acceptors (Lipinski definition) is 3. The molecule has 0 unspecified atom stereocenters. The maximum atomic E-state index is 11.9. The van der Waals surface area contributed by atoms with Gasteiger partial charge in [-0.05, 0) is 55.3 Å². The molecule has 1 heterocycles. The highest BCUT2D eigenvalue weighted by molar-refractivity contribution is 6.33. The molecule has 3 aromatic carbocycles. The van der Waals surface area contributed by atoms with Crippen LogP contribution >= 0.6 is 23.2 Å². The van der Waals surface area contributed by atoms with Crippen LogP contribution in [0.4, 0.5) is 13.2 Å². The Hall–Kier alpha value is -3.42. The summed E-state index contributed by atoms with van der Waals surface area (Å²) in [4.78, 5) is 0. The van der Waals surface area contributed by atoms with Crippen molar-refractivity contribution in [3.63, 3.8) is 0 Å². The van der Waals surface area contributed by atoms with Crippen LogP contribution in [0.5, 0.6) is 0 Å². The molecule has 0 aliphatic heterocycles. The van der Waals surface area contributed by atoms with E-state index in [9.17, 15) is 13.2 Å². The third kappa shape index (κ3) is 7.78. The highest BCUT2D eigenvalue weighted by Crippen LogP contribution is 2.34. The first kappa shape index (κ1) is 28.2. The van der Waals surface area contributed by atoms with Crippen molar-refractivity contribution in [1.82, 2.24) is 9.78 Å². The lowest BCUT2D eigenvalue weighted by atomic mass is 10.00. The predicted octanol–water partition coefficient (Wildman–Crippen LogP) is 8.37. The van der Waals surface area contributed by atoms with Gasteiger partial charge in [0.2, 0.25) is 0 Å². The van der Waals surface area contributed by atoms with Crippen LogP contribution in [-0.4, -0.2) is 16.0 Å². The number of benzene rings is 3. The average Bonchev–Trinajstić information content (AvgIpc) is 2.86. The highest BCUT2D eigenvalue weighted by atomic mass is 35.5. The number of alkyl halides is 3. The van der Waals surface area contributed by atoms with Crippen molar-refractivity contribution in [3.05, 3.63) is 106 Å². The maximum absolute atomic E-state index is 11.9. The topological polar surface area (TPSA) is 42.5 Å². The van der Waals surface area contributed by atoms with Gasteiger partial charge in [0.15, 0.2) is 5.49 Å². The van der Waals surface area contributed by atoms with Crippen molar-refractivity contribution in [2.75, 3.05) is 0 Å². The summed E-state index contributed by atoms with van der Waals surface area (Å²) in [6.45, 7) is 3.76. The van der Waals surface area contributed by atoms with Gasteiger partial charge < -0.3 is 0 Å². The molecule has 0 radical (unpaired) electrons. The van der Waals surface area contributed by atoms with Crippen LogP contribution in [0.2, 0.25) is 10.0 Å². The number of aryl methyl sites for hydroxylation is 2. The molecule has 0 aliphatic carbocycles. The van der Waals surface area contributed by atoms with Crippen LogP contribution in [0.3, 0.4) is 0 Å². The summed E-state index contributed by atoms with van der Waals surface area (Å²) < 4.78 is 37.5. The van der Waals surface area contributed by atoms with Gasteiger partial charge in [0.25, 0.3) is 0 Å². The molecule has 1 aromatic heterocycles. The van der Waals surface area contributed by atoms with Gasteiger partial charge in [0, 0.05) is 29.4 Å². The lowest BCUT2D eigenvalue weighted by Gasteiger charge is -2.12. The monoisotopic (exact) mass is 544 g/mol.